The summed E-state index contributed by atoms with van der Waals surface area (Å²) < 4.78 is 28.3. The van der Waals surface area contributed by atoms with Crippen molar-refractivity contribution in [3.8, 4) is 0 Å². The first-order valence-electron chi connectivity index (χ1n) is 6.13. The predicted octanol–water partition coefficient (Wildman–Crippen LogP) is 2.32. The van der Waals surface area contributed by atoms with Crippen molar-refractivity contribution in [2.24, 2.45) is 5.92 Å². The van der Waals surface area contributed by atoms with Crippen LogP contribution in [0.1, 0.15) is 20.3 Å². The molecule has 0 bridgehead atoms. The zero-order chi connectivity index (χ0) is 14.5. The Balaban J connectivity index is 2.86. The number of nitrogens with zero attached hydrogens (tertiary/aromatic N) is 1. The fourth-order valence-electron chi connectivity index (χ4n) is 1.69. The van der Waals surface area contributed by atoms with Gasteiger partial charge in [0.15, 0.2) is 15.7 Å². The van der Waals surface area contributed by atoms with E-state index in [4.69, 9.17) is 5.73 Å². The molecule has 1 atom stereocenters. The molecule has 0 amide bonds. The van der Waals surface area contributed by atoms with Crippen molar-refractivity contribution in [1.29, 1.82) is 0 Å². The molecule has 0 spiro atoms. The summed E-state index contributed by atoms with van der Waals surface area (Å²) in [5.74, 6) is 1.70. The second-order valence-electron chi connectivity index (χ2n) is 4.49. The molecule has 0 aromatic carbocycles. The van der Waals surface area contributed by atoms with E-state index in [1.165, 1.54) is 0 Å². The average Bonchev–Trinajstić information content (AvgIpc) is 2.69. The van der Waals surface area contributed by atoms with Crippen molar-refractivity contribution >= 4 is 44.0 Å². The summed E-state index contributed by atoms with van der Waals surface area (Å²) >= 11 is 2.89. The van der Waals surface area contributed by atoms with E-state index in [1.54, 1.807) is 11.8 Å². The lowest BCUT2D eigenvalue weighted by molar-refractivity contribution is 0.595. The summed E-state index contributed by atoms with van der Waals surface area (Å²) in [6.07, 6.45) is 2.62. The van der Waals surface area contributed by atoms with Crippen LogP contribution in [0.2, 0.25) is 0 Å². The van der Waals surface area contributed by atoms with Gasteiger partial charge in [0.1, 0.15) is 9.90 Å². The van der Waals surface area contributed by atoms with E-state index in [0.717, 1.165) is 23.8 Å². The second kappa shape index (κ2) is 7.35. The number of aromatic nitrogens is 1. The third-order valence-electron chi connectivity index (χ3n) is 2.52. The molecule has 0 saturated heterocycles. The molecule has 1 heterocycles. The number of nitrogens with two attached hydrogens (primary N) is 1. The Morgan fingerprint density at radius 2 is 2.21 bits per heavy atom. The zero-order valence-electron chi connectivity index (χ0n) is 11.5. The van der Waals surface area contributed by atoms with Crippen LogP contribution >= 0.6 is 23.3 Å². The highest BCUT2D eigenvalue weighted by molar-refractivity contribution is 7.98. The molecule has 1 rings (SSSR count). The van der Waals surface area contributed by atoms with E-state index < -0.39 is 9.84 Å². The first-order chi connectivity index (χ1) is 8.92. The zero-order valence-corrected chi connectivity index (χ0v) is 13.9. The Bertz CT molecular complexity index is 499. The number of hydrogen-bond acceptors (Lipinski definition) is 7. The maximum atomic E-state index is 12.1. The molecule has 3 N–H and O–H groups in total. The van der Waals surface area contributed by atoms with Crippen molar-refractivity contribution in [1.82, 2.24) is 4.37 Å². The third kappa shape index (κ3) is 4.54. The Morgan fingerprint density at radius 3 is 2.79 bits per heavy atom. The van der Waals surface area contributed by atoms with Gasteiger partial charge in [-0.3, -0.25) is 0 Å². The van der Waals surface area contributed by atoms with Gasteiger partial charge in [0.05, 0.1) is 5.75 Å². The SMILES string of the molecule is CCCS(=O)(=O)c1c(N)nsc1NCC(C)CSC. The van der Waals surface area contributed by atoms with Crippen molar-refractivity contribution in [2.45, 2.75) is 25.2 Å². The molecule has 110 valence electrons. The molecule has 0 aliphatic carbocycles. The summed E-state index contributed by atoms with van der Waals surface area (Å²) in [5.41, 5.74) is 5.70. The molecule has 8 heteroatoms. The van der Waals surface area contributed by atoms with Gasteiger partial charge in [-0.1, -0.05) is 13.8 Å². The summed E-state index contributed by atoms with van der Waals surface area (Å²) in [5, 5.41) is 3.74. The Morgan fingerprint density at radius 1 is 1.53 bits per heavy atom. The molecule has 0 aliphatic rings. The number of anilines is 2. The Labute approximate surface area is 123 Å². The van der Waals surface area contributed by atoms with Crippen LogP contribution in [0.4, 0.5) is 10.8 Å². The van der Waals surface area contributed by atoms with E-state index >= 15 is 0 Å². The molecular weight excluding hydrogens is 302 g/mol. The van der Waals surface area contributed by atoms with E-state index in [9.17, 15) is 8.42 Å². The largest absolute Gasteiger partial charge is 0.382 e. The quantitative estimate of drug-likeness (QED) is 0.763. The fraction of sp³-hybridized carbons (Fsp3) is 0.727. The number of hydrogen-bond donors (Lipinski definition) is 2. The number of thioether (sulfide) groups is 1. The van der Waals surface area contributed by atoms with Gasteiger partial charge in [0.25, 0.3) is 0 Å². The van der Waals surface area contributed by atoms with Crippen molar-refractivity contribution < 1.29 is 8.42 Å². The summed E-state index contributed by atoms with van der Waals surface area (Å²) in [4.78, 5) is 0.177. The molecule has 0 aliphatic heterocycles. The highest BCUT2D eigenvalue weighted by Crippen LogP contribution is 2.32. The standard InChI is InChI=1S/C11H21N3O2S3/c1-4-5-19(15,16)9-10(12)14-18-11(9)13-6-8(2)7-17-3/h8,13H,4-7H2,1-3H3,(H2,12,14). The summed E-state index contributed by atoms with van der Waals surface area (Å²) in [6, 6.07) is 0. The average molecular weight is 324 g/mol. The van der Waals surface area contributed by atoms with Crippen molar-refractivity contribution in [3.05, 3.63) is 0 Å². The smallest absolute Gasteiger partial charge is 0.185 e. The minimum absolute atomic E-state index is 0.102. The monoisotopic (exact) mass is 323 g/mol. The lowest BCUT2D eigenvalue weighted by Crippen LogP contribution is -2.15. The first kappa shape index (κ1) is 16.6. The minimum Gasteiger partial charge on any atom is -0.382 e. The molecule has 0 fully saturated rings. The van der Waals surface area contributed by atoms with Gasteiger partial charge in [-0.25, -0.2) is 8.42 Å². The molecule has 1 aromatic heterocycles. The van der Waals surface area contributed by atoms with Crippen molar-refractivity contribution in [2.75, 3.05) is 35.4 Å². The first-order valence-corrected chi connectivity index (χ1v) is 9.95. The van der Waals surface area contributed by atoms with Crippen LogP contribution < -0.4 is 11.1 Å². The molecule has 1 aromatic rings. The van der Waals surface area contributed by atoms with E-state index in [-0.39, 0.29) is 16.5 Å². The van der Waals surface area contributed by atoms with Crippen LogP contribution in [0.5, 0.6) is 0 Å². The van der Waals surface area contributed by atoms with E-state index in [1.807, 2.05) is 6.92 Å². The molecular formula is C11H21N3O2S3. The lowest BCUT2D eigenvalue weighted by Gasteiger charge is -2.12. The highest BCUT2D eigenvalue weighted by Gasteiger charge is 2.24. The van der Waals surface area contributed by atoms with Crippen LogP contribution in [-0.2, 0) is 9.84 Å². The minimum atomic E-state index is -3.33. The number of nitrogens with one attached hydrogen (secondary N) is 1. The van der Waals surface area contributed by atoms with Crippen LogP contribution in [0, 0.1) is 5.92 Å². The topological polar surface area (TPSA) is 85.1 Å². The van der Waals surface area contributed by atoms with Gasteiger partial charge in [-0.15, -0.1) is 0 Å². The van der Waals surface area contributed by atoms with Crippen LogP contribution in [-0.4, -0.2) is 37.1 Å². The third-order valence-corrected chi connectivity index (χ3v) is 6.35. The van der Waals surface area contributed by atoms with Gasteiger partial charge in [-0.2, -0.15) is 16.1 Å². The summed E-state index contributed by atoms with van der Waals surface area (Å²) in [7, 11) is -3.33. The molecule has 0 radical (unpaired) electrons. The maximum absolute atomic E-state index is 12.1. The van der Waals surface area contributed by atoms with Gasteiger partial charge < -0.3 is 11.1 Å². The number of rotatable bonds is 8. The van der Waals surface area contributed by atoms with Crippen LogP contribution in [0.3, 0.4) is 0 Å². The second-order valence-corrected chi connectivity index (χ2v) is 8.22. The summed E-state index contributed by atoms with van der Waals surface area (Å²) in [6.45, 7) is 4.67. The fourth-order valence-corrected chi connectivity index (χ4v) is 5.00. The normalized spacial score (nSPS) is 13.4. The number of nitrogen functional groups attached to an aromatic ring is 1. The Kier molecular flexibility index (Phi) is 6.41. The van der Waals surface area contributed by atoms with Gasteiger partial charge in [0.2, 0.25) is 0 Å². The molecule has 1 unspecified atom stereocenters. The van der Waals surface area contributed by atoms with E-state index in [0.29, 0.717) is 17.3 Å². The molecule has 19 heavy (non-hydrogen) atoms. The van der Waals surface area contributed by atoms with Crippen molar-refractivity contribution in [3.63, 3.8) is 0 Å². The van der Waals surface area contributed by atoms with Crippen LogP contribution in [0.25, 0.3) is 0 Å². The lowest BCUT2D eigenvalue weighted by atomic mass is 10.2. The maximum Gasteiger partial charge on any atom is 0.185 e. The predicted molar refractivity (Wildman–Crippen MR) is 84.9 cm³/mol. The van der Waals surface area contributed by atoms with Gasteiger partial charge in [-0.05, 0) is 35.9 Å². The molecule has 0 saturated carbocycles. The van der Waals surface area contributed by atoms with E-state index in [2.05, 4.69) is 22.9 Å². The van der Waals surface area contributed by atoms with Gasteiger partial charge in [0, 0.05) is 6.54 Å². The van der Waals surface area contributed by atoms with Gasteiger partial charge >= 0.3 is 0 Å². The number of sulfone groups is 1. The highest BCUT2D eigenvalue weighted by atomic mass is 32.2. The van der Waals surface area contributed by atoms with Crippen LogP contribution in [0.15, 0.2) is 4.90 Å². The Hall–Kier alpha value is -0.470. The molecule has 5 nitrogen and oxygen atoms in total.